The number of aromatic nitrogens is 1. The van der Waals surface area contributed by atoms with Crippen LogP contribution < -0.4 is 10.1 Å². The molecule has 2 rings (SSSR count). The number of aliphatic hydroxyl groups is 1. The van der Waals surface area contributed by atoms with Crippen LogP contribution in [0.5, 0.6) is 5.75 Å². The van der Waals surface area contributed by atoms with E-state index in [0.717, 1.165) is 21.3 Å². The van der Waals surface area contributed by atoms with Gasteiger partial charge in [-0.15, -0.1) is 0 Å². The summed E-state index contributed by atoms with van der Waals surface area (Å²) >= 11 is 3.45. The van der Waals surface area contributed by atoms with Crippen molar-refractivity contribution in [3.8, 4) is 5.75 Å². The zero-order chi connectivity index (χ0) is 15.1. The molecule has 0 saturated heterocycles. The molecule has 0 amide bonds. The van der Waals surface area contributed by atoms with E-state index < -0.39 is 6.10 Å². The Balaban J connectivity index is 1.71. The molecule has 112 valence electrons. The van der Waals surface area contributed by atoms with Crippen LogP contribution in [0, 0.1) is 6.92 Å². The van der Waals surface area contributed by atoms with Crippen LogP contribution in [0.1, 0.15) is 11.1 Å². The SMILES string of the molecule is Cc1ccc(OCC(O)CNCc2cccnc2)c(Br)c1. The topological polar surface area (TPSA) is 54.4 Å². The van der Waals surface area contributed by atoms with E-state index in [9.17, 15) is 5.11 Å². The number of hydrogen-bond donors (Lipinski definition) is 2. The van der Waals surface area contributed by atoms with Gasteiger partial charge >= 0.3 is 0 Å². The zero-order valence-electron chi connectivity index (χ0n) is 11.9. The van der Waals surface area contributed by atoms with E-state index in [0.29, 0.717) is 13.1 Å². The van der Waals surface area contributed by atoms with Gasteiger partial charge in [-0.2, -0.15) is 0 Å². The van der Waals surface area contributed by atoms with Crippen LogP contribution in [0.3, 0.4) is 0 Å². The zero-order valence-corrected chi connectivity index (χ0v) is 13.5. The van der Waals surface area contributed by atoms with E-state index in [2.05, 4.69) is 26.2 Å². The van der Waals surface area contributed by atoms with Gasteiger partial charge in [-0.25, -0.2) is 0 Å². The van der Waals surface area contributed by atoms with Crippen LogP contribution in [0.4, 0.5) is 0 Å². The van der Waals surface area contributed by atoms with Gasteiger partial charge in [-0.1, -0.05) is 12.1 Å². The molecule has 0 radical (unpaired) electrons. The van der Waals surface area contributed by atoms with Gasteiger partial charge in [0.2, 0.25) is 0 Å². The van der Waals surface area contributed by atoms with Gasteiger partial charge in [0.05, 0.1) is 4.47 Å². The van der Waals surface area contributed by atoms with Crippen LogP contribution in [0.2, 0.25) is 0 Å². The van der Waals surface area contributed by atoms with E-state index in [1.54, 1.807) is 12.4 Å². The van der Waals surface area contributed by atoms with Crippen LogP contribution in [0.15, 0.2) is 47.2 Å². The summed E-state index contributed by atoms with van der Waals surface area (Å²) < 4.78 is 6.51. The molecule has 2 aromatic rings. The second-order valence-electron chi connectivity index (χ2n) is 4.89. The second-order valence-corrected chi connectivity index (χ2v) is 5.75. The summed E-state index contributed by atoms with van der Waals surface area (Å²) in [4.78, 5) is 4.04. The summed E-state index contributed by atoms with van der Waals surface area (Å²) in [7, 11) is 0. The normalized spacial score (nSPS) is 12.1. The number of rotatable bonds is 7. The van der Waals surface area contributed by atoms with Crippen molar-refractivity contribution < 1.29 is 9.84 Å². The number of nitrogens with zero attached hydrogens (tertiary/aromatic N) is 1. The first kappa shape index (κ1) is 15.9. The summed E-state index contributed by atoms with van der Waals surface area (Å²) in [5.41, 5.74) is 2.25. The van der Waals surface area contributed by atoms with Crippen molar-refractivity contribution in [1.82, 2.24) is 10.3 Å². The molecule has 0 saturated carbocycles. The fourth-order valence-corrected chi connectivity index (χ4v) is 2.46. The van der Waals surface area contributed by atoms with Gasteiger partial charge < -0.3 is 15.2 Å². The molecule has 0 fully saturated rings. The summed E-state index contributed by atoms with van der Waals surface area (Å²) in [5, 5.41) is 13.1. The first-order valence-electron chi connectivity index (χ1n) is 6.82. The number of nitrogens with one attached hydrogen (secondary N) is 1. The minimum absolute atomic E-state index is 0.252. The summed E-state index contributed by atoms with van der Waals surface area (Å²) in [6.07, 6.45) is 2.99. The van der Waals surface area contributed by atoms with E-state index in [1.165, 1.54) is 0 Å². The molecule has 1 atom stereocenters. The number of benzene rings is 1. The molecule has 1 aromatic heterocycles. The van der Waals surface area contributed by atoms with Crippen molar-refractivity contribution in [2.75, 3.05) is 13.2 Å². The van der Waals surface area contributed by atoms with Crippen LogP contribution in [0.25, 0.3) is 0 Å². The fraction of sp³-hybridized carbons (Fsp3) is 0.312. The molecule has 0 aliphatic heterocycles. The molecule has 1 unspecified atom stereocenters. The van der Waals surface area contributed by atoms with Gasteiger partial charge in [0.15, 0.2) is 0 Å². The Morgan fingerprint density at radius 2 is 2.24 bits per heavy atom. The highest BCUT2D eigenvalue weighted by atomic mass is 79.9. The minimum Gasteiger partial charge on any atom is -0.490 e. The Hall–Kier alpha value is -1.43. The summed E-state index contributed by atoms with van der Waals surface area (Å²) in [6.45, 7) is 3.42. The smallest absolute Gasteiger partial charge is 0.133 e. The molecule has 0 aliphatic carbocycles. The molecule has 0 aliphatic rings. The van der Waals surface area contributed by atoms with Crippen molar-refractivity contribution >= 4 is 15.9 Å². The van der Waals surface area contributed by atoms with Crippen molar-refractivity contribution in [2.45, 2.75) is 19.6 Å². The Labute approximate surface area is 133 Å². The molecular weight excluding hydrogens is 332 g/mol. The molecule has 2 N–H and O–H groups in total. The largest absolute Gasteiger partial charge is 0.490 e. The lowest BCUT2D eigenvalue weighted by molar-refractivity contribution is 0.106. The molecule has 0 spiro atoms. The maximum Gasteiger partial charge on any atom is 0.133 e. The number of halogens is 1. The molecule has 4 nitrogen and oxygen atoms in total. The molecule has 0 bridgehead atoms. The Bertz CT molecular complexity index is 563. The summed E-state index contributed by atoms with van der Waals surface area (Å²) in [6, 6.07) is 9.75. The predicted octanol–water partition coefficient (Wildman–Crippen LogP) is 2.68. The number of pyridine rings is 1. The average Bonchev–Trinajstić information content (AvgIpc) is 2.47. The third-order valence-electron chi connectivity index (χ3n) is 2.95. The Kier molecular flexibility index (Phi) is 6.17. The monoisotopic (exact) mass is 350 g/mol. The highest BCUT2D eigenvalue weighted by Crippen LogP contribution is 2.25. The standard InChI is InChI=1S/C16H19BrN2O2/c1-12-4-5-16(15(17)7-12)21-11-14(20)10-19-9-13-3-2-6-18-8-13/h2-8,14,19-20H,9-11H2,1H3. The third kappa shape index (κ3) is 5.46. The number of aliphatic hydroxyl groups excluding tert-OH is 1. The quantitative estimate of drug-likeness (QED) is 0.805. The van der Waals surface area contributed by atoms with Crippen molar-refractivity contribution in [2.24, 2.45) is 0 Å². The van der Waals surface area contributed by atoms with Gasteiger partial charge in [0.25, 0.3) is 0 Å². The van der Waals surface area contributed by atoms with E-state index in [-0.39, 0.29) is 6.61 Å². The highest BCUT2D eigenvalue weighted by Gasteiger charge is 2.07. The van der Waals surface area contributed by atoms with Gasteiger partial charge in [-0.3, -0.25) is 4.98 Å². The highest BCUT2D eigenvalue weighted by molar-refractivity contribution is 9.10. The van der Waals surface area contributed by atoms with E-state index >= 15 is 0 Å². The maximum atomic E-state index is 9.92. The van der Waals surface area contributed by atoms with Crippen molar-refractivity contribution in [3.63, 3.8) is 0 Å². The Morgan fingerprint density at radius 1 is 1.38 bits per heavy atom. The van der Waals surface area contributed by atoms with Crippen molar-refractivity contribution in [3.05, 3.63) is 58.3 Å². The summed E-state index contributed by atoms with van der Waals surface area (Å²) in [5.74, 6) is 0.743. The first-order valence-corrected chi connectivity index (χ1v) is 7.61. The lowest BCUT2D eigenvalue weighted by atomic mass is 10.2. The van der Waals surface area contributed by atoms with Crippen LogP contribution in [-0.4, -0.2) is 29.3 Å². The minimum atomic E-state index is -0.560. The Morgan fingerprint density at radius 3 is 2.95 bits per heavy atom. The van der Waals surface area contributed by atoms with Crippen LogP contribution in [-0.2, 0) is 6.54 Å². The number of ether oxygens (including phenoxy) is 1. The van der Waals surface area contributed by atoms with Gasteiger partial charge in [0.1, 0.15) is 18.5 Å². The molecular formula is C16H19BrN2O2. The average molecular weight is 351 g/mol. The van der Waals surface area contributed by atoms with Crippen molar-refractivity contribution in [1.29, 1.82) is 0 Å². The lowest BCUT2D eigenvalue weighted by Gasteiger charge is -2.14. The van der Waals surface area contributed by atoms with Crippen LogP contribution >= 0.6 is 15.9 Å². The fourth-order valence-electron chi connectivity index (χ4n) is 1.85. The predicted molar refractivity (Wildman–Crippen MR) is 86.3 cm³/mol. The maximum absolute atomic E-state index is 9.92. The van der Waals surface area contributed by atoms with Gasteiger partial charge in [0, 0.05) is 25.5 Å². The van der Waals surface area contributed by atoms with Gasteiger partial charge in [-0.05, 0) is 52.2 Å². The molecule has 5 heteroatoms. The molecule has 1 aromatic carbocycles. The number of hydrogen-bond acceptors (Lipinski definition) is 4. The lowest BCUT2D eigenvalue weighted by Crippen LogP contribution is -2.31. The van der Waals surface area contributed by atoms with E-state index in [4.69, 9.17) is 4.74 Å². The first-order chi connectivity index (χ1) is 10.1. The number of aryl methyl sites for hydroxylation is 1. The second kappa shape index (κ2) is 8.12. The molecule has 21 heavy (non-hydrogen) atoms. The third-order valence-corrected chi connectivity index (χ3v) is 3.57. The van der Waals surface area contributed by atoms with E-state index in [1.807, 2.05) is 37.3 Å². The molecule has 1 heterocycles.